The number of aliphatic hydroxyl groups is 1. The van der Waals surface area contributed by atoms with E-state index in [0.717, 1.165) is 16.7 Å². The number of hydrogen-bond acceptors (Lipinski definition) is 1. The van der Waals surface area contributed by atoms with Crippen LogP contribution < -0.4 is 0 Å². The molecule has 28 heavy (non-hydrogen) atoms. The summed E-state index contributed by atoms with van der Waals surface area (Å²) in [6.07, 6.45) is 0. The van der Waals surface area contributed by atoms with Crippen LogP contribution >= 0.6 is 0 Å². The van der Waals surface area contributed by atoms with Gasteiger partial charge in [0.1, 0.15) is 0 Å². The highest BCUT2D eigenvalue weighted by Gasteiger charge is 2.23. The van der Waals surface area contributed by atoms with Crippen LogP contribution in [0.25, 0.3) is 33.4 Å². The number of hydrogen-bond donors (Lipinski definition) is 1. The Bertz CT molecular complexity index is 1020. The van der Waals surface area contributed by atoms with E-state index in [1.807, 2.05) is 44.2 Å². The fourth-order valence-corrected chi connectivity index (χ4v) is 3.79. The van der Waals surface area contributed by atoms with Gasteiger partial charge < -0.3 is 5.11 Å². The number of benzene rings is 4. The lowest BCUT2D eigenvalue weighted by Gasteiger charge is -2.25. The molecule has 0 aromatic heterocycles. The average Bonchev–Trinajstić information content (AvgIpc) is 2.74. The van der Waals surface area contributed by atoms with Gasteiger partial charge in [0.15, 0.2) is 0 Å². The van der Waals surface area contributed by atoms with Gasteiger partial charge in [-0.15, -0.1) is 0 Å². The third kappa shape index (κ3) is 3.49. The molecule has 4 aromatic rings. The molecule has 0 spiro atoms. The molecule has 0 aliphatic rings. The van der Waals surface area contributed by atoms with E-state index in [-0.39, 0.29) is 0 Å². The molecular formula is C27H24O. The monoisotopic (exact) mass is 364 g/mol. The Hall–Kier alpha value is -3.16. The van der Waals surface area contributed by atoms with Crippen molar-refractivity contribution in [3.63, 3.8) is 0 Å². The zero-order valence-corrected chi connectivity index (χ0v) is 16.3. The van der Waals surface area contributed by atoms with Gasteiger partial charge in [-0.25, -0.2) is 0 Å². The molecule has 0 unspecified atom stereocenters. The maximum Gasteiger partial charge on any atom is 0.0846 e. The summed E-state index contributed by atoms with van der Waals surface area (Å²) in [5.41, 5.74) is 6.87. The molecule has 0 heterocycles. The summed E-state index contributed by atoms with van der Waals surface area (Å²) >= 11 is 0. The van der Waals surface area contributed by atoms with E-state index in [2.05, 4.69) is 72.8 Å². The molecule has 1 N–H and O–H groups in total. The van der Waals surface area contributed by atoms with E-state index in [0.29, 0.717) is 0 Å². The summed E-state index contributed by atoms with van der Waals surface area (Å²) in [6, 6.07) is 35.5. The fraction of sp³-hybridized carbons (Fsp3) is 0.111. The van der Waals surface area contributed by atoms with Gasteiger partial charge in [-0.1, -0.05) is 103 Å². The molecule has 4 rings (SSSR count). The van der Waals surface area contributed by atoms with Crippen molar-refractivity contribution >= 4 is 0 Å². The van der Waals surface area contributed by atoms with Crippen molar-refractivity contribution in [1.29, 1.82) is 0 Å². The minimum atomic E-state index is -0.936. The second kappa shape index (κ2) is 7.46. The van der Waals surface area contributed by atoms with Gasteiger partial charge >= 0.3 is 0 Å². The summed E-state index contributed by atoms with van der Waals surface area (Å²) in [5.74, 6) is 0. The SMILES string of the molecule is CC(C)(O)c1ccccc1-c1c(-c2ccccc2)cccc1-c1ccccc1. The molecule has 1 nitrogen and oxygen atoms in total. The highest BCUT2D eigenvalue weighted by Crippen LogP contribution is 2.43. The Labute approximate surface area is 166 Å². The largest absolute Gasteiger partial charge is 0.386 e. The molecule has 4 aromatic carbocycles. The highest BCUT2D eigenvalue weighted by molar-refractivity contribution is 5.95. The van der Waals surface area contributed by atoms with Crippen LogP contribution in [0.3, 0.4) is 0 Å². The smallest absolute Gasteiger partial charge is 0.0846 e. The first-order chi connectivity index (χ1) is 13.6. The first kappa shape index (κ1) is 18.2. The van der Waals surface area contributed by atoms with Crippen molar-refractivity contribution < 1.29 is 5.11 Å². The molecule has 0 bridgehead atoms. The molecule has 138 valence electrons. The quantitative estimate of drug-likeness (QED) is 0.417. The van der Waals surface area contributed by atoms with Crippen molar-refractivity contribution in [2.24, 2.45) is 0 Å². The summed E-state index contributed by atoms with van der Waals surface area (Å²) < 4.78 is 0. The Kier molecular flexibility index (Phi) is 4.85. The van der Waals surface area contributed by atoms with Crippen molar-refractivity contribution in [2.45, 2.75) is 19.4 Å². The Balaban J connectivity index is 2.08. The van der Waals surface area contributed by atoms with E-state index >= 15 is 0 Å². The van der Waals surface area contributed by atoms with Crippen LogP contribution in [0, 0.1) is 0 Å². The number of rotatable bonds is 4. The Morgan fingerprint density at radius 1 is 0.500 bits per heavy atom. The predicted octanol–water partition coefficient (Wildman–Crippen LogP) is 6.92. The normalized spacial score (nSPS) is 11.4. The molecule has 0 radical (unpaired) electrons. The van der Waals surface area contributed by atoms with Crippen molar-refractivity contribution in [3.8, 4) is 33.4 Å². The highest BCUT2D eigenvalue weighted by atomic mass is 16.3. The zero-order chi connectivity index (χ0) is 19.6. The third-order valence-electron chi connectivity index (χ3n) is 5.09. The molecule has 0 aliphatic carbocycles. The standard InChI is InChI=1S/C27H24O/c1-27(2,28)25-19-10-9-16-24(25)26-22(20-12-5-3-6-13-20)17-11-18-23(26)21-14-7-4-8-15-21/h3-19,28H,1-2H3. The second-order valence-corrected chi connectivity index (χ2v) is 7.56. The average molecular weight is 364 g/mol. The minimum Gasteiger partial charge on any atom is -0.386 e. The Morgan fingerprint density at radius 2 is 0.929 bits per heavy atom. The van der Waals surface area contributed by atoms with Crippen molar-refractivity contribution in [2.75, 3.05) is 0 Å². The molecular weight excluding hydrogens is 340 g/mol. The molecule has 0 atom stereocenters. The van der Waals surface area contributed by atoms with E-state index in [1.54, 1.807) is 0 Å². The maximum absolute atomic E-state index is 10.9. The predicted molar refractivity (Wildman–Crippen MR) is 118 cm³/mol. The van der Waals surface area contributed by atoms with Gasteiger partial charge in [0.05, 0.1) is 5.60 Å². The second-order valence-electron chi connectivity index (χ2n) is 7.56. The molecule has 0 saturated heterocycles. The summed E-state index contributed by atoms with van der Waals surface area (Å²) in [6.45, 7) is 3.69. The van der Waals surface area contributed by atoms with E-state index in [4.69, 9.17) is 0 Å². The van der Waals surface area contributed by atoms with Crippen LogP contribution in [-0.4, -0.2) is 5.11 Å². The summed E-state index contributed by atoms with van der Waals surface area (Å²) in [7, 11) is 0. The van der Waals surface area contributed by atoms with Crippen LogP contribution in [0.5, 0.6) is 0 Å². The first-order valence-corrected chi connectivity index (χ1v) is 9.62. The van der Waals surface area contributed by atoms with Crippen LogP contribution in [-0.2, 0) is 5.60 Å². The molecule has 1 heteroatoms. The van der Waals surface area contributed by atoms with Crippen LogP contribution in [0.2, 0.25) is 0 Å². The minimum absolute atomic E-state index is 0.926. The fourth-order valence-electron chi connectivity index (χ4n) is 3.79. The zero-order valence-electron chi connectivity index (χ0n) is 16.3. The Morgan fingerprint density at radius 3 is 1.43 bits per heavy atom. The van der Waals surface area contributed by atoms with Crippen LogP contribution in [0.1, 0.15) is 19.4 Å². The summed E-state index contributed by atoms with van der Waals surface area (Å²) in [4.78, 5) is 0. The van der Waals surface area contributed by atoms with Crippen LogP contribution in [0.15, 0.2) is 103 Å². The first-order valence-electron chi connectivity index (χ1n) is 9.62. The summed E-state index contributed by atoms with van der Waals surface area (Å²) in [5, 5.41) is 10.9. The topological polar surface area (TPSA) is 20.2 Å². The maximum atomic E-state index is 10.9. The van der Waals surface area contributed by atoms with Gasteiger partial charge in [0.25, 0.3) is 0 Å². The molecule has 0 amide bonds. The van der Waals surface area contributed by atoms with Gasteiger partial charge in [0, 0.05) is 0 Å². The lowest BCUT2D eigenvalue weighted by molar-refractivity contribution is 0.0792. The lowest BCUT2D eigenvalue weighted by Crippen LogP contribution is -2.17. The molecule has 0 saturated carbocycles. The van der Waals surface area contributed by atoms with E-state index in [9.17, 15) is 5.11 Å². The van der Waals surface area contributed by atoms with Crippen molar-refractivity contribution in [1.82, 2.24) is 0 Å². The van der Waals surface area contributed by atoms with Gasteiger partial charge in [0.2, 0.25) is 0 Å². The lowest BCUT2D eigenvalue weighted by atomic mass is 9.82. The van der Waals surface area contributed by atoms with Gasteiger partial charge in [-0.2, -0.15) is 0 Å². The third-order valence-corrected chi connectivity index (χ3v) is 5.09. The molecule has 0 aliphatic heterocycles. The molecule has 0 fully saturated rings. The van der Waals surface area contributed by atoms with Gasteiger partial charge in [-0.05, 0) is 52.8 Å². The van der Waals surface area contributed by atoms with E-state index < -0.39 is 5.60 Å². The van der Waals surface area contributed by atoms with Crippen LogP contribution in [0.4, 0.5) is 0 Å². The van der Waals surface area contributed by atoms with Crippen molar-refractivity contribution in [3.05, 3.63) is 109 Å². The van der Waals surface area contributed by atoms with E-state index in [1.165, 1.54) is 22.3 Å². The van der Waals surface area contributed by atoms with Gasteiger partial charge in [-0.3, -0.25) is 0 Å².